The molecule has 30 heavy (non-hydrogen) atoms. The zero-order valence-corrected chi connectivity index (χ0v) is 17.5. The van der Waals surface area contributed by atoms with E-state index in [9.17, 15) is 9.18 Å². The molecule has 1 aliphatic rings. The molecule has 0 bridgehead atoms. The highest BCUT2D eigenvalue weighted by atomic mass is 19.1. The minimum absolute atomic E-state index is 0.0550. The fourth-order valence-electron chi connectivity index (χ4n) is 4.03. The van der Waals surface area contributed by atoms with Crippen molar-refractivity contribution in [3.05, 3.63) is 59.4 Å². The Morgan fingerprint density at radius 2 is 2.00 bits per heavy atom. The second-order valence-corrected chi connectivity index (χ2v) is 8.02. The predicted molar refractivity (Wildman–Crippen MR) is 117 cm³/mol. The molecule has 1 amide bonds. The minimum atomic E-state index is -0.242. The molecule has 0 spiro atoms. The Hall–Kier alpha value is -2.70. The molecule has 2 heterocycles. The fraction of sp³-hybridized carbons (Fsp3) is 0.375. The smallest absolute Gasteiger partial charge is 0.224 e. The van der Waals surface area contributed by atoms with E-state index in [1.165, 1.54) is 6.07 Å². The van der Waals surface area contributed by atoms with E-state index < -0.39 is 0 Å². The highest BCUT2D eigenvalue weighted by Gasteiger charge is 2.19. The number of benzene rings is 2. The minimum Gasteiger partial charge on any atom is -0.379 e. The number of aromatic nitrogens is 1. The van der Waals surface area contributed by atoms with E-state index in [0.29, 0.717) is 12.1 Å². The fourth-order valence-corrected chi connectivity index (χ4v) is 4.03. The first-order valence-electron chi connectivity index (χ1n) is 10.5. The quantitative estimate of drug-likeness (QED) is 0.650. The Balaban J connectivity index is 1.44. The molecule has 0 radical (unpaired) electrons. The molecule has 2 N–H and O–H groups in total. The van der Waals surface area contributed by atoms with Gasteiger partial charge in [0.1, 0.15) is 5.82 Å². The van der Waals surface area contributed by atoms with Crippen LogP contribution < -0.4 is 5.32 Å². The summed E-state index contributed by atoms with van der Waals surface area (Å²) >= 11 is 0. The standard InChI is InChI=1S/C24H28FN3O2/c1-16(15-28-9-11-30-12-10-28)24(29)26-14-18-7-8-22-20(13-18)17(2)23(27-22)19-5-3-4-6-21(19)25/h3-8,13,16,27H,9-12,14-15H2,1-2H3,(H,26,29). The first-order chi connectivity index (χ1) is 14.5. The number of carbonyl (C=O) groups excluding carboxylic acids is 1. The Labute approximate surface area is 176 Å². The second kappa shape index (κ2) is 8.98. The van der Waals surface area contributed by atoms with Gasteiger partial charge in [0.2, 0.25) is 5.91 Å². The number of carbonyl (C=O) groups is 1. The number of hydrogen-bond acceptors (Lipinski definition) is 3. The summed E-state index contributed by atoms with van der Waals surface area (Å²) in [6, 6.07) is 12.8. The van der Waals surface area contributed by atoms with Gasteiger partial charge in [-0.3, -0.25) is 9.69 Å². The van der Waals surface area contributed by atoms with Gasteiger partial charge in [-0.15, -0.1) is 0 Å². The summed E-state index contributed by atoms with van der Waals surface area (Å²) in [6.07, 6.45) is 0. The Bertz CT molecular complexity index is 1040. The number of fused-ring (bicyclic) bond motifs is 1. The van der Waals surface area contributed by atoms with Gasteiger partial charge in [-0.1, -0.05) is 25.1 Å². The van der Waals surface area contributed by atoms with Crippen LogP contribution in [-0.4, -0.2) is 48.6 Å². The summed E-state index contributed by atoms with van der Waals surface area (Å²) in [5.41, 5.74) is 4.35. The summed E-state index contributed by atoms with van der Waals surface area (Å²) in [6.45, 7) is 8.41. The van der Waals surface area contributed by atoms with Gasteiger partial charge in [0.15, 0.2) is 0 Å². The van der Waals surface area contributed by atoms with Gasteiger partial charge in [-0.2, -0.15) is 0 Å². The van der Waals surface area contributed by atoms with Crippen LogP contribution in [0.2, 0.25) is 0 Å². The molecule has 5 nitrogen and oxygen atoms in total. The third-order valence-electron chi connectivity index (χ3n) is 5.82. The Kier molecular flexibility index (Phi) is 6.16. The number of amides is 1. The van der Waals surface area contributed by atoms with Crippen molar-refractivity contribution in [3.8, 4) is 11.3 Å². The van der Waals surface area contributed by atoms with Crippen LogP contribution in [0.5, 0.6) is 0 Å². The lowest BCUT2D eigenvalue weighted by atomic mass is 10.0. The maximum absolute atomic E-state index is 14.2. The Morgan fingerprint density at radius 3 is 2.77 bits per heavy atom. The topological polar surface area (TPSA) is 57.4 Å². The van der Waals surface area contributed by atoms with E-state index in [-0.39, 0.29) is 17.6 Å². The third-order valence-corrected chi connectivity index (χ3v) is 5.82. The zero-order valence-electron chi connectivity index (χ0n) is 17.5. The summed E-state index contributed by atoms with van der Waals surface area (Å²) in [5.74, 6) is -0.262. The van der Waals surface area contributed by atoms with Crippen LogP contribution in [0.25, 0.3) is 22.2 Å². The zero-order chi connectivity index (χ0) is 21.1. The molecule has 158 valence electrons. The van der Waals surface area contributed by atoms with Crippen LogP contribution in [0.4, 0.5) is 4.39 Å². The molecule has 2 aromatic carbocycles. The van der Waals surface area contributed by atoms with Crippen molar-refractivity contribution in [3.63, 3.8) is 0 Å². The molecule has 1 unspecified atom stereocenters. The molecule has 1 fully saturated rings. The van der Waals surface area contributed by atoms with Crippen molar-refractivity contribution in [1.82, 2.24) is 15.2 Å². The van der Waals surface area contributed by atoms with Gasteiger partial charge in [-0.05, 0) is 42.3 Å². The number of nitrogens with one attached hydrogen (secondary N) is 2. The number of aryl methyl sites for hydroxylation is 1. The van der Waals surface area contributed by atoms with Gasteiger partial charge < -0.3 is 15.0 Å². The van der Waals surface area contributed by atoms with Crippen molar-refractivity contribution < 1.29 is 13.9 Å². The van der Waals surface area contributed by atoms with E-state index in [1.54, 1.807) is 12.1 Å². The van der Waals surface area contributed by atoms with Crippen molar-refractivity contribution in [2.75, 3.05) is 32.8 Å². The number of ether oxygens (including phenoxy) is 1. The van der Waals surface area contributed by atoms with Gasteiger partial charge in [0, 0.05) is 48.6 Å². The lowest BCUT2D eigenvalue weighted by molar-refractivity contribution is -0.125. The van der Waals surface area contributed by atoms with Crippen molar-refractivity contribution in [2.24, 2.45) is 5.92 Å². The molecule has 1 aliphatic heterocycles. The molecular weight excluding hydrogens is 381 g/mol. The van der Waals surface area contributed by atoms with E-state index in [0.717, 1.165) is 60.6 Å². The summed E-state index contributed by atoms with van der Waals surface area (Å²) in [4.78, 5) is 18.1. The molecular formula is C24H28FN3O2. The van der Waals surface area contributed by atoms with Crippen LogP contribution >= 0.6 is 0 Å². The van der Waals surface area contributed by atoms with Crippen LogP contribution in [0.1, 0.15) is 18.1 Å². The third kappa shape index (κ3) is 4.40. The van der Waals surface area contributed by atoms with Crippen molar-refractivity contribution >= 4 is 16.8 Å². The monoisotopic (exact) mass is 409 g/mol. The maximum Gasteiger partial charge on any atom is 0.224 e. The average Bonchev–Trinajstić information content (AvgIpc) is 3.09. The van der Waals surface area contributed by atoms with E-state index in [2.05, 4.69) is 21.3 Å². The van der Waals surface area contributed by atoms with Crippen LogP contribution in [0.3, 0.4) is 0 Å². The number of morpholine rings is 1. The normalized spacial score (nSPS) is 16.0. The van der Waals surface area contributed by atoms with Crippen molar-refractivity contribution in [2.45, 2.75) is 20.4 Å². The number of halogens is 1. The van der Waals surface area contributed by atoms with E-state index in [4.69, 9.17) is 4.74 Å². The highest BCUT2D eigenvalue weighted by Crippen LogP contribution is 2.31. The second-order valence-electron chi connectivity index (χ2n) is 8.02. The summed E-state index contributed by atoms with van der Waals surface area (Å²) in [7, 11) is 0. The molecule has 1 aromatic heterocycles. The Morgan fingerprint density at radius 1 is 1.23 bits per heavy atom. The van der Waals surface area contributed by atoms with E-state index >= 15 is 0 Å². The highest BCUT2D eigenvalue weighted by molar-refractivity contribution is 5.91. The number of rotatable bonds is 6. The number of nitrogens with zero attached hydrogens (tertiary/aromatic N) is 1. The van der Waals surface area contributed by atoms with Gasteiger partial charge in [-0.25, -0.2) is 4.39 Å². The first-order valence-corrected chi connectivity index (χ1v) is 10.5. The lowest BCUT2D eigenvalue weighted by Gasteiger charge is -2.28. The molecule has 3 aromatic rings. The SMILES string of the molecule is Cc1c(-c2ccccc2F)[nH]c2ccc(CNC(=O)C(C)CN3CCOCC3)cc12. The van der Waals surface area contributed by atoms with Crippen molar-refractivity contribution in [1.29, 1.82) is 0 Å². The van der Waals surface area contributed by atoms with Gasteiger partial charge >= 0.3 is 0 Å². The molecule has 0 aliphatic carbocycles. The summed E-state index contributed by atoms with van der Waals surface area (Å²) < 4.78 is 19.6. The number of hydrogen-bond donors (Lipinski definition) is 2. The van der Waals surface area contributed by atoms with Gasteiger partial charge in [0.05, 0.1) is 18.9 Å². The largest absolute Gasteiger partial charge is 0.379 e. The van der Waals surface area contributed by atoms with Gasteiger partial charge in [0.25, 0.3) is 0 Å². The van der Waals surface area contributed by atoms with Crippen LogP contribution in [-0.2, 0) is 16.1 Å². The lowest BCUT2D eigenvalue weighted by Crippen LogP contribution is -2.42. The van der Waals surface area contributed by atoms with Crippen LogP contribution in [0.15, 0.2) is 42.5 Å². The number of aromatic amines is 1. The molecule has 1 saturated heterocycles. The maximum atomic E-state index is 14.2. The predicted octanol–water partition coefficient (Wildman–Crippen LogP) is 3.87. The average molecular weight is 410 g/mol. The first kappa shape index (κ1) is 20.6. The molecule has 6 heteroatoms. The molecule has 0 saturated carbocycles. The van der Waals surface area contributed by atoms with Crippen LogP contribution in [0, 0.1) is 18.7 Å². The number of H-pyrrole nitrogens is 1. The molecule has 1 atom stereocenters. The molecule has 4 rings (SSSR count). The van der Waals surface area contributed by atoms with E-state index in [1.807, 2.05) is 32.0 Å². The summed E-state index contributed by atoms with van der Waals surface area (Å²) in [5, 5.41) is 4.10.